The number of rotatable bonds is 6. The Balaban J connectivity index is 1.50. The van der Waals surface area contributed by atoms with Gasteiger partial charge in [0.2, 0.25) is 0 Å². The standard InChI is InChI=1S/C18H35N3/c1-3-9-19-16-12-17-7-8-18(13-16)21(17)14-15(2)20-10-5-4-6-11-20/h15-19H,3-14H2,1-2H3. The second-order valence-corrected chi connectivity index (χ2v) is 7.65. The Hall–Kier alpha value is -0.120. The van der Waals surface area contributed by atoms with Crippen molar-refractivity contribution in [2.45, 2.75) is 89.4 Å². The van der Waals surface area contributed by atoms with E-state index in [1.54, 1.807) is 0 Å². The molecular weight excluding hydrogens is 258 g/mol. The van der Waals surface area contributed by atoms with Gasteiger partial charge in [-0.25, -0.2) is 0 Å². The van der Waals surface area contributed by atoms with Gasteiger partial charge in [0.15, 0.2) is 0 Å². The number of nitrogens with zero attached hydrogens (tertiary/aromatic N) is 2. The summed E-state index contributed by atoms with van der Waals surface area (Å²) in [5, 5.41) is 3.77. The van der Waals surface area contributed by atoms with Crippen LogP contribution in [0.15, 0.2) is 0 Å². The second-order valence-electron chi connectivity index (χ2n) is 7.65. The van der Waals surface area contributed by atoms with E-state index >= 15 is 0 Å². The summed E-state index contributed by atoms with van der Waals surface area (Å²) in [6.45, 7) is 9.93. The average molecular weight is 293 g/mol. The summed E-state index contributed by atoms with van der Waals surface area (Å²) in [7, 11) is 0. The van der Waals surface area contributed by atoms with Gasteiger partial charge in [0.05, 0.1) is 0 Å². The van der Waals surface area contributed by atoms with Crippen molar-refractivity contribution in [1.29, 1.82) is 0 Å². The summed E-state index contributed by atoms with van der Waals surface area (Å²) in [4.78, 5) is 5.62. The van der Waals surface area contributed by atoms with Gasteiger partial charge in [-0.3, -0.25) is 9.80 Å². The van der Waals surface area contributed by atoms with Crippen LogP contribution in [0.2, 0.25) is 0 Å². The third kappa shape index (κ3) is 3.80. The van der Waals surface area contributed by atoms with E-state index in [1.165, 1.54) is 77.5 Å². The van der Waals surface area contributed by atoms with E-state index in [2.05, 4.69) is 29.0 Å². The van der Waals surface area contributed by atoms with E-state index in [4.69, 9.17) is 0 Å². The van der Waals surface area contributed by atoms with Crippen LogP contribution in [-0.2, 0) is 0 Å². The number of fused-ring (bicyclic) bond motifs is 2. The van der Waals surface area contributed by atoms with Crippen molar-refractivity contribution in [2.24, 2.45) is 0 Å². The third-order valence-electron chi connectivity index (χ3n) is 6.06. The molecule has 0 radical (unpaired) electrons. The fraction of sp³-hybridized carbons (Fsp3) is 1.00. The minimum Gasteiger partial charge on any atom is -0.314 e. The van der Waals surface area contributed by atoms with Gasteiger partial charge in [-0.1, -0.05) is 13.3 Å². The van der Waals surface area contributed by atoms with Crippen molar-refractivity contribution >= 4 is 0 Å². The Morgan fingerprint density at radius 3 is 2.33 bits per heavy atom. The zero-order valence-corrected chi connectivity index (χ0v) is 14.2. The van der Waals surface area contributed by atoms with Gasteiger partial charge >= 0.3 is 0 Å². The van der Waals surface area contributed by atoms with Crippen LogP contribution in [0.1, 0.15) is 65.2 Å². The number of hydrogen-bond donors (Lipinski definition) is 1. The first-order chi connectivity index (χ1) is 10.3. The minimum absolute atomic E-state index is 0.758. The summed E-state index contributed by atoms with van der Waals surface area (Å²) >= 11 is 0. The molecule has 3 heteroatoms. The van der Waals surface area contributed by atoms with Gasteiger partial charge in [0, 0.05) is 30.7 Å². The molecule has 122 valence electrons. The molecule has 0 saturated carbocycles. The molecule has 3 unspecified atom stereocenters. The highest BCUT2D eigenvalue weighted by Crippen LogP contribution is 2.36. The molecule has 3 nitrogen and oxygen atoms in total. The highest BCUT2D eigenvalue weighted by atomic mass is 15.3. The average Bonchev–Trinajstić information content (AvgIpc) is 2.75. The maximum absolute atomic E-state index is 3.77. The van der Waals surface area contributed by atoms with Gasteiger partial charge in [0.1, 0.15) is 0 Å². The van der Waals surface area contributed by atoms with Crippen molar-refractivity contribution < 1.29 is 0 Å². The summed E-state index contributed by atoms with van der Waals surface area (Å²) < 4.78 is 0. The normalized spacial score (nSPS) is 36.0. The van der Waals surface area contributed by atoms with E-state index < -0.39 is 0 Å². The molecule has 3 heterocycles. The van der Waals surface area contributed by atoms with E-state index in [9.17, 15) is 0 Å². The lowest BCUT2D eigenvalue weighted by atomic mass is 9.96. The van der Waals surface area contributed by atoms with Crippen LogP contribution in [0.5, 0.6) is 0 Å². The molecule has 0 aromatic carbocycles. The summed E-state index contributed by atoms with van der Waals surface area (Å²) in [6.07, 6.45) is 11.2. The highest BCUT2D eigenvalue weighted by molar-refractivity contribution is 4.98. The van der Waals surface area contributed by atoms with Crippen LogP contribution in [0.25, 0.3) is 0 Å². The Labute approximate surface area is 131 Å². The molecule has 3 fully saturated rings. The fourth-order valence-electron chi connectivity index (χ4n) is 4.87. The molecule has 2 bridgehead atoms. The molecule has 21 heavy (non-hydrogen) atoms. The molecule has 3 atom stereocenters. The zero-order chi connectivity index (χ0) is 14.7. The smallest absolute Gasteiger partial charge is 0.0195 e. The number of hydrogen-bond acceptors (Lipinski definition) is 3. The highest BCUT2D eigenvalue weighted by Gasteiger charge is 2.41. The van der Waals surface area contributed by atoms with Crippen LogP contribution >= 0.6 is 0 Å². The van der Waals surface area contributed by atoms with Crippen LogP contribution < -0.4 is 5.32 Å². The lowest BCUT2D eigenvalue weighted by Crippen LogP contribution is -2.53. The van der Waals surface area contributed by atoms with E-state index in [0.717, 1.165) is 24.2 Å². The monoisotopic (exact) mass is 293 g/mol. The number of nitrogens with one attached hydrogen (secondary N) is 1. The summed E-state index contributed by atoms with van der Waals surface area (Å²) in [5.74, 6) is 0. The number of piperidine rings is 2. The second kappa shape index (κ2) is 7.43. The predicted molar refractivity (Wildman–Crippen MR) is 89.7 cm³/mol. The van der Waals surface area contributed by atoms with Crippen molar-refractivity contribution in [3.8, 4) is 0 Å². The molecule has 0 amide bonds. The van der Waals surface area contributed by atoms with Crippen molar-refractivity contribution in [2.75, 3.05) is 26.2 Å². The van der Waals surface area contributed by atoms with E-state index in [-0.39, 0.29) is 0 Å². The van der Waals surface area contributed by atoms with Gasteiger partial charge in [-0.15, -0.1) is 0 Å². The van der Waals surface area contributed by atoms with Gasteiger partial charge in [0.25, 0.3) is 0 Å². The Bertz CT molecular complexity index is 300. The van der Waals surface area contributed by atoms with Gasteiger partial charge in [-0.05, 0) is 71.5 Å². The fourth-order valence-corrected chi connectivity index (χ4v) is 4.87. The molecule has 1 N–H and O–H groups in total. The van der Waals surface area contributed by atoms with Crippen LogP contribution in [-0.4, -0.2) is 60.1 Å². The Morgan fingerprint density at radius 2 is 1.71 bits per heavy atom. The quantitative estimate of drug-likeness (QED) is 0.812. The minimum atomic E-state index is 0.758. The third-order valence-corrected chi connectivity index (χ3v) is 6.06. The maximum Gasteiger partial charge on any atom is 0.0195 e. The molecular formula is C18H35N3. The molecule has 3 aliphatic heterocycles. The Morgan fingerprint density at radius 1 is 1.05 bits per heavy atom. The number of likely N-dealkylation sites (tertiary alicyclic amines) is 1. The SMILES string of the molecule is CCCNC1CC2CCC(C1)N2CC(C)N1CCCCC1. The lowest BCUT2D eigenvalue weighted by molar-refractivity contribution is 0.0680. The Kier molecular flexibility index (Phi) is 5.58. The van der Waals surface area contributed by atoms with Crippen LogP contribution in [0.3, 0.4) is 0 Å². The topological polar surface area (TPSA) is 18.5 Å². The van der Waals surface area contributed by atoms with Gasteiger partial charge in [-0.2, -0.15) is 0 Å². The summed E-state index contributed by atoms with van der Waals surface area (Å²) in [6, 6.07) is 3.29. The van der Waals surface area contributed by atoms with Crippen molar-refractivity contribution in [3.05, 3.63) is 0 Å². The molecule has 0 aromatic rings. The van der Waals surface area contributed by atoms with Crippen molar-refractivity contribution in [1.82, 2.24) is 15.1 Å². The maximum atomic E-state index is 3.77. The first-order valence-electron chi connectivity index (χ1n) is 9.51. The largest absolute Gasteiger partial charge is 0.314 e. The molecule has 0 aliphatic carbocycles. The molecule has 3 rings (SSSR count). The molecule has 0 aromatic heterocycles. The predicted octanol–water partition coefficient (Wildman–Crippen LogP) is 2.86. The molecule has 0 spiro atoms. The van der Waals surface area contributed by atoms with E-state index in [0.29, 0.717) is 0 Å². The first kappa shape index (κ1) is 15.8. The molecule has 3 aliphatic rings. The lowest BCUT2D eigenvalue weighted by Gasteiger charge is -2.43. The first-order valence-corrected chi connectivity index (χ1v) is 9.51. The van der Waals surface area contributed by atoms with Crippen molar-refractivity contribution in [3.63, 3.8) is 0 Å². The summed E-state index contributed by atoms with van der Waals surface area (Å²) in [5.41, 5.74) is 0. The van der Waals surface area contributed by atoms with Crippen LogP contribution in [0, 0.1) is 0 Å². The zero-order valence-electron chi connectivity index (χ0n) is 14.2. The molecule has 3 saturated heterocycles. The van der Waals surface area contributed by atoms with Gasteiger partial charge < -0.3 is 5.32 Å². The van der Waals surface area contributed by atoms with E-state index in [1.807, 2.05) is 0 Å². The van der Waals surface area contributed by atoms with Crippen LogP contribution in [0.4, 0.5) is 0 Å².